The van der Waals surface area contributed by atoms with E-state index in [0.717, 1.165) is 11.3 Å². The summed E-state index contributed by atoms with van der Waals surface area (Å²) in [6, 6.07) is 14.9. The Bertz CT molecular complexity index is 835. The number of hydrogen-bond acceptors (Lipinski definition) is 3. The zero-order chi connectivity index (χ0) is 16.4. The van der Waals surface area contributed by atoms with Crippen LogP contribution in [0.15, 0.2) is 54.7 Å². The van der Waals surface area contributed by atoms with Crippen LogP contribution in [0.1, 0.15) is 35.7 Å². The Hall–Kier alpha value is -2.95. The fourth-order valence-electron chi connectivity index (χ4n) is 2.43. The number of aromatic nitrogens is 3. The van der Waals surface area contributed by atoms with Gasteiger partial charge in [-0.3, -0.25) is 0 Å². The van der Waals surface area contributed by atoms with Crippen LogP contribution in [0.5, 0.6) is 0 Å². The van der Waals surface area contributed by atoms with E-state index >= 15 is 0 Å². The second-order valence-corrected chi connectivity index (χ2v) is 5.66. The predicted molar refractivity (Wildman–Crippen MR) is 87.8 cm³/mol. The van der Waals surface area contributed by atoms with Gasteiger partial charge in [0.2, 0.25) is 0 Å². The van der Waals surface area contributed by atoms with Gasteiger partial charge in [-0.1, -0.05) is 49.4 Å². The molecule has 1 heterocycles. The van der Waals surface area contributed by atoms with E-state index in [2.05, 4.69) is 36.3 Å². The molecule has 3 rings (SSSR count). The van der Waals surface area contributed by atoms with Crippen molar-refractivity contribution in [3.8, 4) is 16.9 Å². The molecule has 1 aromatic heterocycles. The number of carbonyl (C=O) groups is 1. The molecule has 0 bridgehead atoms. The van der Waals surface area contributed by atoms with Crippen LogP contribution in [0.3, 0.4) is 0 Å². The highest BCUT2D eigenvalue weighted by molar-refractivity contribution is 5.88. The van der Waals surface area contributed by atoms with Gasteiger partial charge in [-0.15, -0.1) is 5.10 Å². The first kappa shape index (κ1) is 15.0. The zero-order valence-corrected chi connectivity index (χ0v) is 13.0. The average molecular weight is 307 g/mol. The number of aromatic carboxylic acids is 1. The molecule has 0 aliphatic heterocycles. The lowest BCUT2D eigenvalue weighted by atomic mass is 10.0. The normalized spacial score (nSPS) is 10.9. The summed E-state index contributed by atoms with van der Waals surface area (Å²) in [5.41, 5.74) is 3.97. The summed E-state index contributed by atoms with van der Waals surface area (Å²) in [6.07, 6.45) is 1.68. The summed E-state index contributed by atoms with van der Waals surface area (Å²) in [7, 11) is 0. The van der Waals surface area contributed by atoms with E-state index in [1.165, 1.54) is 5.56 Å². The molecule has 3 aromatic rings. The largest absolute Gasteiger partial charge is 0.478 e. The van der Waals surface area contributed by atoms with E-state index < -0.39 is 5.97 Å². The lowest BCUT2D eigenvalue weighted by molar-refractivity contribution is 0.0697. The number of benzene rings is 2. The van der Waals surface area contributed by atoms with Crippen LogP contribution < -0.4 is 0 Å². The van der Waals surface area contributed by atoms with Crippen LogP contribution in [-0.2, 0) is 0 Å². The van der Waals surface area contributed by atoms with E-state index in [-0.39, 0.29) is 5.56 Å². The summed E-state index contributed by atoms with van der Waals surface area (Å²) >= 11 is 0. The summed E-state index contributed by atoms with van der Waals surface area (Å²) in [5, 5.41) is 17.2. The standard InChI is InChI=1S/C18H17N3O2/c1-12(2)13-6-8-14(9-7-13)17-11-19-20-21(17)16-5-3-4-15(10-16)18(22)23/h3-12H,1-2H3,(H,22,23). The van der Waals surface area contributed by atoms with Gasteiger partial charge in [0.25, 0.3) is 0 Å². The number of rotatable bonds is 4. The molecule has 0 fully saturated rings. The zero-order valence-electron chi connectivity index (χ0n) is 13.0. The van der Waals surface area contributed by atoms with Crippen molar-refractivity contribution in [2.45, 2.75) is 19.8 Å². The first-order valence-corrected chi connectivity index (χ1v) is 7.41. The highest BCUT2D eigenvalue weighted by Crippen LogP contribution is 2.24. The highest BCUT2D eigenvalue weighted by atomic mass is 16.4. The Kier molecular flexibility index (Phi) is 3.93. The van der Waals surface area contributed by atoms with Crippen molar-refractivity contribution >= 4 is 5.97 Å². The van der Waals surface area contributed by atoms with E-state index in [4.69, 9.17) is 5.11 Å². The molecule has 5 heteroatoms. The topological polar surface area (TPSA) is 68.0 Å². The first-order chi connectivity index (χ1) is 11.1. The molecule has 0 saturated carbocycles. The summed E-state index contributed by atoms with van der Waals surface area (Å²) in [4.78, 5) is 11.1. The fraction of sp³-hybridized carbons (Fsp3) is 0.167. The van der Waals surface area contributed by atoms with Gasteiger partial charge in [-0.2, -0.15) is 0 Å². The number of hydrogen-bond donors (Lipinski definition) is 1. The molecule has 0 atom stereocenters. The molecular formula is C18H17N3O2. The maximum Gasteiger partial charge on any atom is 0.335 e. The van der Waals surface area contributed by atoms with E-state index in [1.807, 2.05) is 18.2 Å². The van der Waals surface area contributed by atoms with Crippen molar-refractivity contribution in [3.63, 3.8) is 0 Å². The Balaban J connectivity index is 2.02. The number of carboxylic acids is 1. The molecule has 23 heavy (non-hydrogen) atoms. The molecule has 0 radical (unpaired) electrons. The quantitative estimate of drug-likeness (QED) is 0.797. The van der Waals surface area contributed by atoms with Crippen LogP contribution in [0.25, 0.3) is 16.9 Å². The van der Waals surface area contributed by atoms with Crippen LogP contribution in [0.4, 0.5) is 0 Å². The fourth-order valence-corrected chi connectivity index (χ4v) is 2.43. The van der Waals surface area contributed by atoms with Crippen LogP contribution in [0.2, 0.25) is 0 Å². The maximum atomic E-state index is 11.1. The smallest absolute Gasteiger partial charge is 0.335 e. The molecule has 0 spiro atoms. The van der Waals surface area contributed by atoms with Crippen LogP contribution >= 0.6 is 0 Å². The molecule has 2 aromatic carbocycles. The Morgan fingerprint density at radius 1 is 1.13 bits per heavy atom. The minimum atomic E-state index is -0.963. The second kappa shape index (κ2) is 6.04. The molecule has 116 valence electrons. The van der Waals surface area contributed by atoms with Crippen LogP contribution in [0, 0.1) is 0 Å². The molecule has 0 unspecified atom stereocenters. The highest BCUT2D eigenvalue weighted by Gasteiger charge is 2.11. The van der Waals surface area contributed by atoms with Crippen molar-refractivity contribution < 1.29 is 9.90 Å². The number of carboxylic acid groups (broad SMARTS) is 1. The van der Waals surface area contributed by atoms with E-state index in [0.29, 0.717) is 11.6 Å². The van der Waals surface area contributed by atoms with Crippen LogP contribution in [-0.4, -0.2) is 26.1 Å². The van der Waals surface area contributed by atoms with Crippen molar-refractivity contribution in [2.75, 3.05) is 0 Å². The van der Waals surface area contributed by atoms with Crippen molar-refractivity contribution in [1.82, 2.24) is 15.0 Å². The predicted octanol–water partition coefficient (Wildman–Crippen LogP) is 3.76. The molecule has 0 aliphatic carbocycles. The molecular weight excluding hydrogens is 290 g/mol. The molecule has 0 saturated heterocycles. The summed E-state index contributed by atoms with van der Waals surface area (Å²) in [5.74, 6) is -0.492. The molecule has 5 nitrogen and oxygen atoms in total. The van der Waals surface area contributed by atoms with Gasteiger partial charge in [0.15, 0.2) is 0 Å². The van der Waals surface area contributed by atoms with E-state index in [9.17, 15) is 4.79 Å². The van der Waals surface area contributed by atoms with Gasteiger partial charge in [0.1, 0.15) is 0 Å². The van der Waals surface area contributed by atoms with Gasteiger partial charge in [0.05, 0.1) is 23.1 Å². The van der Waals surface area contributed by atoms with E-state index in [1.54, 1.807) is 29.1 Å². The van der Waals surface area contributed by atoms with Gasteiger partial charge in [-0.05, 0) is 29.7 Å². The van der Waals surface area contributed by atoms with Gasteiger partial charge < -0.3 is 5.11 Å². The monoisotopic (exact) mass is 307 g/mol. The third kappa shape index (κ3) is 2.99. The second-order valence-electron chi connectivity index (χ2n) is 5.66. The van der Waals surface area contributed by atoms with Crippen molar-refractivity contribution in [3.05, 3.63) is 65.9 Å². The summed E-state index contributed by atoms with van der Waals surface area (Å²) < 4.78 is 1.65. The average Bonchev–Trinajstić information content (AvgIpc) is 3.04. The minimum Gasteiger partial charge on any atom is -0.478 e. The molecule has 0 aliphatic rings. The third-order valence-corrected chi connectivity index (χ3v) is 3.76. The molecule has 0 amide bonds. The van der Waals surface area contributed by atoms with Gasteiger partial charge >= 0.3 is 5.97 Å². The van der Waals surface area contributed by atoms with Crippen molar-refractivity contribution in [2.24, 2.45) is 0 Å². The lowest BCUT2D eigenvalue weighted by Crippen LogP contribution is -2.02. The Morgan fingerprint density at radius 2 is 1.87 bits per heavy atom. The maximum absolute atomic E-state index is 11.1. The Labute approximate surface area is 134 Å². The lowest BCUT2D eigenvalue weighted by Gasteiger charge is -2.09. The van der Waals surface area contributed by atoms with Crippen molar-refractivity contribution in [1.29, 1.82) is 0 Å². The first-order valence-electron chi connectivity index (χ1n) is 7.41. The van der Waals surface area contributed by atoms with Gasteiger partial charge in [0, 0.05) is 5.56 Å². The SMILES string of the molecule is CC(C)c1ccc(-c2cnnn2-c2cccc(C(=O)O)c2)cc1. The number of nitrogens with zero attached hydrogens (tertiary/aromatic N) is 3. The minimum absolute atomic E-state index is 0.221. The third-order valence-electron chi connectivity index (χ3n) is 3.76. The summed E-state index contributed by atoms with van der Waals surface area (Å²) in [6.45, 7) is 4.30. The molecule has 1 N–H and O–H groups in total. The van der Waals surface area contributed by atoms with Gasteiger partial charge in [-0.25, -0.2) is 9.48 Å². The Morgan fingerprint density at radius 3 is 2.52 bits per heavy atom.